The quantitative estimate of drug-likeness (QED) is 0.526. The number of pyridine rings is 1. The second kappa shape index (κ2) is 7.42. The van der Waals surface area contributed by atoms with Crippen LogP contribution in [0.1, 0.15) is 63.5 Å². The van der Waals surface area contributed by atoms with Gasteiger partial charge in [-0.15, -0.1) is 0 Å². The van der Waals surface area contributed by atoms with Gasteiger partial charge in [-0.25, -0.2) is 4.57 Å². The highest BCUT2D eigenvalue weighted by Crippen LogP contribution is 2.43. The van der Waals surface area contributed by atoms with Gasteiger partial charge in [-0.2, -0.15) is 0 Å². The first-order valence-corrected chi connectivity index (χ1v) is 11.6. The van der Waals surface area contributed by atoms with Crippen molar-refractivity contribution in [1.29, 1.82) is 0 Å². The van der Waals surface area contributed by atoms with Crippen LogP contribution in [0.5, 0.6) is 0 Å². The third-order valence-corrected chi connectivity index (χ3v) is 6.85. The highest BCUT2D eigenvalue weighted by molar-refractivity contribution is 6.10. The van der Waals surface area contributed by atoms with E-state index in [9.17, 15) is 0 Å². The summed E-state index contributed by atoms with van der Waals surface area (Å²) in [5.74, 6) is 0. The lowest BCUT2D eigenvalue weighted by atomic mass is 9.89. The van der Waals surface area contributed by atoms with Crippen molar-refractivity contribution in [3.8, 4) is 0 Å². The van der Waals surface area contributed by atoms with Crippen molar-refractivity contribution in [2.75, 3.05) is 18.0 Å². The Morgan fingerprint density at radius 1 is 1.00 bits per heavy atom. The second-order valence-electron chi connectivity index (χ2n) is 8.79. The smallest absolute Gasteiger partial charge is 0.193 e. The number of hydrogen-bond donors (Lipinski definition) is 0. The van der Waals surface area contributed by atoms with Crippen LogP contribution in [-0.2, 0) is 25.9 Å². The van der Waals surface area contributed by atoms with Gasteiger partial charge in [0, 0.05) is 54.1 Å². The number of aryl methyl sites for hydroxylation is 4. The van der Waals surface area contributed by atoms with Crippen molar-refractivity contribution in [3.63, 3.8) is 0 Å². The van der Waals surface area contributed by atoms with E-state index in [0.717, 1.165) is 13.1 Å². The normalized spacial score (nSPS) is 16.1. The minimum atomic E-state index is 1.12. The number of benzene rings is 1. The molecule has 0 N–H and O–H groups in total. The van der Waals surface area contributed by atoms with E-state index >= 15 is 0 Å². The summed E-state index contributed by atoms with van der Waals surface area (Å²) in [6.45, 7) is 9.34. The van der Waals surface area contributed by atoms with Crippen molar-refractivity contribution in [2.24, 2.45) is 0 Å². The van der Waals surface area contributed by atoms with Crippen LogP contribution in [0.4, 0.5) is 5.69 Å². The van der Waals surface area contributed by atoms with Gasteiger partial charge in [-0.1, -0.05) is 26.7 Å². The van der Waals surface area contributed by atoms with Gasteiger partial charge in [0.25, 0.3) is 0 Å². The Bertz CT molecular complexity index is 1010. The van der Waals surface area contributed by atoms with Gasteiger partial charge in [0.2, 0.25) is 0 Å². The Kier molecular flexibility index (Phi) is 4.78. The highest BCUT2D eigenvalue weighted by atomic mass is 15.1. The van der Waals surface area contributed by atoms with E-state index in [1.807, 2.05) is 0 Å². The molecule has 0 bridgehead atoms. The van der Waals surface area contributed by atoms with E-state index in [1.54, 1.807) is 22.3 Å². The van der Waals surface area contributed by atoms with E-state index in [0.29, 0.717) is 0 Å². The summed E-state index contributed by atoms with van der Waals surface area (Å²) >= 11 is 0. The second-order valence-corrected chi connectivity index (χ2v) is 8.79. The average Bonchev–Trinajstić information content (AvgIpc) is 3.04. The topological polar surface area (TPSA) is 12.0 Å². The summed E-state index contributed by atoms with van der Waals surface area (Å²) in [6, 6.07) is 4.94. The molecular formula is C25H34N3+. The fourth-order valence-corrected chi connectivity index (χ4v) is 5.47. The number of nitrogens with zero attached hydrogens (tertiary/aromatic N) is 3. The van der Waals surface area contributed by atoms with E-state index in [4.69, 9.17) is 0 Å². The fourth-order valence-electron chi connectivity index (χ4n) is 5.47. The number of unbranched alkanes of at least 4 members (excludes halogenated alkanes) is 2. The summed E-state index contributed by atoms with van der Waals surface area (Å²) < 4.78 is 5.08. The molecule has 2 aromatic heterocycles. The van der Waals surface area contributed by atoms with Crippen molar-refractivity contribution < 1.29 is 4.57 Å². The monoisotopic (exact) mass is 376 g/mol. The molecule has 0 unspecified atom stereocenters. The molecule has 28 heavy (non-hydrogen) atoms. The Morgan fingerprint density at radius 2 is 1.82 bits per heavy atom. The van der Waals surface area contributed by atoms with Crippen LogP contribution in [0.25, 0.3) is 21.8 Å². The minimum Gasteiger partial charge on any atom is -0.371 e. The van der Waals surface area contributed by atoms with Crippen molar-refractivity contribution in [2.45, 2.75) is 78.3 Å². The summed E-state index contributed by atoms with van der Waals surface area (Å²) in [6.07, 6.45) is 14.8. The molecule has 0 fully saturated rings. The number of anilines is 1. The largest absolute Gasteiger partial charge is 0.371 e. The maximum Gasteiger partial charge on any atom is 0.193 e. The highest BCUT2D eigenvalue weighted by Gasteiger charge is 2.28. The molecule has 0 atom stereocenters. The number of rotatable bonds is 6. The molecule has 3 aromatic rings. The van der Waals surface area contributed by atoms with Gasteiger partial charge >= 0.3 is 0 Å². The maximum absolute atomic E-state index is 2.68. The van der Waals surface area contributed by atoms with Crippen molar-refractivity contribution >= 4 is 27.5 Å². The third-order valence-electron chi connectivity index (χ3n) is 6.85. The van der Waals surface area contributed by atoms with E-state index in [2.05, 4.69) is 52.4 Å². The first-order valence-electron chi connectivity index (χ1n) is 11.6. The van der Waals surface area contributed by atoms with Crippen LogP contribution in [0.15, 0.2) is 24.5 Å². The Labute approximate surface area is 169 Å². The van der Waals surface area contributed by atoms with Gasteiger partial charge in [0.15, 0.2) is 12.4 Å². The fraction of sp³-hybridized carbons (Fsp3) is 0.560. The number of hydrogen-bond acceptors (Lipinski definition) is 1. The number of aromatic nitrogens is 2. The predicted octanol–water partition coefficient (Wildman–Crippen LogP) is 5.38. The SMILES string of the molecule is CCCCn1c2c[n+](CCCC)ccc2c2cc3c4c(c21)CCCN4CCC3. The molecule has 148 valence electrons. The average molecular weight is 377 g/mol. The Balaban J connectivity index is 1.79. The lowest BCUT2D eigenvalue weighted by Gasteiger charge is -2.37. The predicted molar refractivity (Wildman–Crippen MR) is 118 cm³/mol. The van der Waals surface area contributed by atoms with Crippen LogP contribution in [0.2, 0.25) is 0 Å². The summed E-state index contributed by atoms with van der Waals surface area (Å²) in [7, 11) is 0. The van der Waals surface area contributed by atoms with Gasteiger partial charge in [0.05, 0.1) is 5.52 Å². The molecule has 3 nitrogen and oxygen atoms in total. The molecule has 5 rings (SSSR count). The molecular weight excluding hydrogens is 342 g/mol. The van der Waals surface area contributed by atoms with Gasteiger partial charge in [-0.3, -0.25) is 0 Å². The standard InChI is InChI=1S/C25H34N3/c1-3-5-12-26-16-11-20-22-17-19-9-7-13-27-14-8-10-21(24(19)27)25(22)28(15-6-4-2)23(20)18-26/h11,16-18H,3-10,12-15H2,1-2H3/q+1. The molecule has 0 radical (unpaired) electrons. The Morgan fingerprint density at radius 3 is 2.64 bits per heavy atom. The van der Waals surface area contributed by atoms with Gasteiger partial charge in [-0.05, 0) is 43.7 Å². The summed E-state index contributed by atoms with van der Waals surface area (Å²) in [5.41, 5.74) is 7.83. The first-order chi connectivity index (χ1) is 13.8. The van der Waals surface area contributed by atoms with Gasteiger partial charge < -0.3 is 9.47 Å². The molecule has 0 saturated carbocycles. The van der Waals surface area contributed by atoms with E-state index < -0.39 is 0 Å². The molecule has 3 heteroatoms. The zero-order valence-corrected chi connectivity index (χ0v) is 17.6. The van der Waals surface area contributed by atoms with Crippen LogP contribution < -0.4 is 9.47 Å². The maximum atomic E-state index is 2.68. The molecule has 2 aliphatic heterocycles. The van der Waals surface area contributed by atoms with Crippen molar-refractivity contribution in [3.05, 3.63) is 35.7 Å². The van der Waals surface area contributed by atoms with Crippen LogP contribution in [0, 0.1) is 0 Å². The zero-order chi connectivity index (χ0) is 19.1. The van der Waals surface area contributed by atoms with E-state index in [1.165, 1.54) is 80.7 Å². The first kappa shape index (κ1) is 18.0. The lowest BCUT2D eigenvalue weighted by Crippen LogP contribution is -2.34. The van der Waals surface area contributed by atoms with Crippen molar-refractivity contribution in [1.82, 2.24) is 4.57 Å². The zero-order valence-electron chi connectivity index (χ0n) is 17.6. The van der Waals surface area contributed by atoms with Crippen LogP contribution in [-0.4, -0.2) is 17.7 Å². The molecule has 0 spiro atoms. The van der Waals surface area contributed by atoms with E-state index in [-0.39, 0.29) is 0 Å². The minimum absolute atomic E-state index is 1.12. The molecule has 1 aromatic carbocycles. The Hall–Kier alpha value is -2.03. The van der Waals surface area contributed by atoms with Crippen LogP contribution >= 0.6 is 0 Å². The number of fused-ring (bicyclic) bond motifs is 4. The molecule has 0 aliphatic carbocycles. The van der Waals surface area contributed by atoms with Crippen LogP contribution in [0.3, 0.4) is 0 Å². The molecule has 4 heterocycles. The molecule has 0 amide bonds. The summed E-state index contributed by atoms with van der Waals surface area (Å²) in [4.78, 5) is 2.68. The summed E-state index contributed by atoms with van der Waals surface area (Å²) in [5, 5.41) is 2.96. The molecule has 0 saturated heterocycles. The van der Waals surface area contributed by atoms with Gasteiger partial charge in [0.1, 0.15) is 12.1 Å². The lowest BCUT2D eigenvalue weighted by molar-refractivity contribution is -0.696. The third kappa shape index (κ3) is 2.82. The molecule has 2 aliphatic rings.